The molecule has 9 heteroatoms. The molecule has 1 aliphatic carbocycles. The maximum absolute atomic E-state index is 13.7. The summed E-state index contributed by atoms with van der Waals surface area (Å²) in [6, 6.07) is 11.7. The first-order chi connectivity index (χ1) is 15.5. The van der Waals surface area contributed by atoms with E-state index in [1.54, 1.807) is 30.3 Å². The largest absolute Gasteiger partial charge is 0.453 e. The minimum atomic E-state index is -0.502. The minimum absolute atomic E-state index is 0.0629. The van der Waals surface area contributed by atoms with E-state index in [9.17, 15) is 9.18 Å². The molecule has 1 aliphatic heterocycles. The smallest absolute Gasteiger partial charge is 0.287 e. The van der Waals surface area contributed by atoms with Gasteiger partial charge in [-0.1, -0.05) is 23.2 Å². The number of amides is 1. The Labute approximate surface area is 193 Å². The maximum Gasteiger partial charge on any atom is 0.287 e. The van der Waals surface area contributed by atoms with Crippen LogP contribution in [0.3, 0.4) is 0 Å². The van der Waals surface area contributed by atoms with Crippen LogP contribution in [0.1, 0.15) is 41.8 Å². The van der Waals surface area contributed by atoms with Crippen molar-refractivity contribution in [2.75, 3.05) is 6.73 Å². The molecule has 0 bridgehead atoms. The molecular weight excluding hydrogens is 456 g/mol. The lowest BCUT2D eigenvalue weighted by molar-refractivity contribution is 0.0810. The number of benzene rings is 2. The first-order valence-electron chi connectivity index (χ1n) is 10.4. The molecule has 2 aliphatic rings. The Morgan fingerprint density at radius 2 is 1.91 bits per heavy atom. The fourth-order valence-corrected chi connectivity index (χ4v) is 4.46. The molecule has 166 valence electrons. The zero-order valence-corrected chi connectivity index (χ0v) is 18.5. The maximum atomic E-state index is 13.7. The van der Waals surface area contributed by atoms with E-state index in [2.05, 4.69) is 10.4 Å². The fraction of sp³-hybridized carbons (Fsp3) is 0.304. The molecule has 0 unspecified atom stereocenters. The Kier molecular flexibility index (Phi) is 5.69. The number of carbonyl (C=O) groups is 1. The van der Waals surface area contributed by atoms with E-state index < -0.39 is 5.82 Å². The van der Waals surface area contributed by atoms with E-state index in [-0.39, 0.29) is 28.8 Å². The molecule has 1 N–H and O–H groups in total. The van der Waals surface area contributed by atoms with Crippen LogP contribution in [0.5, 0.6) is 0 Å². The highest BCUT2D eigenvalue weighted by molar-refractivity contribution is 6.31. The highest BCUT2D eigenvalue weighted by Crippen LogP contribution is 2.28. The van der Waals surface area contributed by atoms with E-state index in [0.29, 0.717) is 28.8 Å². The van der Waals surface area contributed by atoms with Crippen LogP contribution in [-0.4, -0.2) is 35.6 Å². The second kappa shape index (κ2) is 8.64. The quantitative estimate of drug-likeness (QED) is 0.535. The van der Waals surface area contributed by atoms with Gasteiger partial charge >= 0.3 is 0 Å². The van der Waals surface area contributed by atoms with E-state index in [4.69, 9.17) is 32.4 Å². The van der Waals surface area contributed by atoms with Crippen LogP contribution in [0.25, 0.3) is 11.0 Å². The molecule has 1 fully saturated rings. The molecule has 0 spiro atoms. The summed E-state index contributed by atoms with van der Waals surface area (Å²) < 4.78 is 25.0. The van der Waals surface area contributed by atoms with Crippen molar-refractivity contribution in [2.45, 2.75) is 37.8 Å². The molecule has 6 nitrogen and oxygen atoms in total. The molecule has 0 saturated heterocycles. The normalized spacial score (nSPS) is 20.8. The van der Waals surface area contributed by atoms with Gasteiger partial charge in [0, 0.05) is 22.0 Å². The van der Waals surface area contributed by atoms with Crippen molar-refractivity contribution >= 4 is 46.0 Å². The summed E-state index contributed by atoms with van der Waals surface area (Å²) in [5.74, 6) is -0.0594. The molecule has 1 amide bonds. The third-order valence-electron chi connectivity index (χ3n) is 5.87. The summed E-state index contributed by atoms with van der Waals surface area (Å²) in [5.41, 5.74) is 1.19. The summed E-state index contributed by atoms with van der Waals surface area (Å²) in [4.78, 5) is 12.6. The molecule has 2 heterocycles. The number of hydrazone groups is 1. The van der Waals surface area contributed by atoms with Crippen LogP contribution < -0.4 is 5.32 Å². The second-order valence-electron chi connectivity index (χ2n) is 8.02. The zero-order chi connectivity index (χ0) is 22.2. The van der Waals surface area contributed by atoms with Crippen LogP contribution in [0.2, 0.25) is 10.0 Å². The summed E-state index contributed by atoms with van der Waals surface area (Å²) in [6.07, 6.45) is 3.35. The number of rotatable bonds is 4. The summed E-state index contributed by atoms with van der Waals surface area (Å²) in [5, 5.41) is 10.9. The van der Waals surface area contributed by atoms with Crippen molar-refractivity contribution < 1.29 is 18.3 Å². The Hall–Kier alpha value is -2.77. The number of hydrogen-bond donors (Lipinski definition) is 1. The lowest BCUT2D eigenvalue weighted by Gasteiger charge is -2.32. The van der Waals surface area contributed by atoms with E-state index in [1.807, 2.05) is 5.01 Å². The Bertz CT molecular complexity index is 1200. The van der Waals surface area contributed by atoms with Crippen LogP contribution >= 0.6 is 23.2 Å². The third-order valence-corrected chi connectivity index (χ3v) is 6.42. The number of nitrogens with zero attached hydrogens (tertiary/aromatic N) is 2. The predicted molar refractivity (Wildman–Crippen MR) is 120 cm³/mol. The lowest BCUT2D eigenvalue weighted by Crippen LogP contribution is -2.42. The monoisotopic (exact) mass is 475 g/mol. The molecule has 0 radical (unpaired) electrons. The van der Waals surface area contributed by atoms with Gasteiger partial charge in [0.05, 0.1) is 11.1 Å². The molecule has 2 aromatic carbocycles. The molecule has 32 heavy (non-hydrogen) atoms. The first-order valence-corrected chi connectivity index (χ1v) is 11.2. The third kappa shape index (κ3) is 4.27. The standard InChI is InChI=1S/C23H20Cl2FN3O3/c24-15-2-8-20-14(9-15)11-21(32-20)22(30)27-16-3-5-17(6-4-16)29-12-31-23(28-29)13-1-7-18(25)19(26)10-13/h1-2,7-11,16-17H,3-6,12H2,(H,27,30)/t16-,17-. The molecule has 1 aromatic heterocycles. The Morgan fingerprint density at radius 3 is 2.69 bits per heavy atom. The average Bonchev–Trinajstić information content (AvgIpc) is 3.43. The summed E-state index contributed by atoms with van der Waals surface area (Å²) in [7, 11) is 0. The Balaban J connectivity index is 1.17. The van der Waals surface area contributed by atoms with E-state index >= 15 is 0 Å². The number of furan rings is 1. The summed E-state index contributed by atoms with van der Waals surface area (Å²) in [6.45, 7) is 0.322. The molecule has 1 saturated carbocycles. The zero-order valence-electron chi connectivity index (χ0n) is 17.0. The van der Waals surface area contributed by atoms with Crippen molar-refractivity contribution in [3.63, 3.8) is 0 Å². The van der Waals surface area contributed by atoms with Gasteiger partial charge in [-0.3, -0.25) is 9.80 Å². The van der Waals surface area contributed by atoms with Gasteiger partial charge in [-0.25, -0.2) is 4.39 Å². The van der Waals surface area contributed by atoms with Crippen LogP contribution in [0.4, 0.5) is 4.39 Å². The minimum Gasteiger partial charge on any atom is -0.453 e. The van der Waals surface area contributed by atoms with Crippen molar-refractivity contribution in [1.29, 1.82) is 0 Å². The molecule has 0 atom stereocenters. The van der Waals surface area contributed by atoms with Crippen molar-refractivity contribution in [2.24, 2.45) is 5.10 Å². The van der Waals surface area contributed by atoms with Gasteiger partial charge in [0.1, 0.15) is 11.4 Å². The van der Waals surface area contributed by atoms with Crippen LogP contribution in [0, 0.1) is 5.82 Å². The SMILES string of the molecule is O=C(N[C@H]1CC[C@H](N2COC(c3ccc(Cl)c(F)c3)=N2)CC1)c1cc2cc(Cl)ccc2o1. The van der Waals surface area contributed by atoms with Crippen LogP contribution in [-0.2, 0) is 4.74 Å². The number of fused-ring (bicyclic) bond motifs is 1. The number of carbonyl (C=O) groups excluding carboxylic acids is 1. The fourth-order valence-electron chi connectivity index (χ4n) is 4.16. The van der Waals surface area contributed by atoms with Gasteiger partial charge in [-0.2, -0.15) is 0 Å². The van der Waals surface area contributed by atoms with Crippen molar-refractivity contribution in [1.82, 2.24) is 10.3 Å². The van der Waals surface area contributed by atoms with Crippen molar-refractivity contribution in [3.8, 4) is 0 Å². The topological polar surface area (TPSA) is 67.1 Å². The van der Waals surface area contributed by atoms with E-state index in [1.165, 1.54) is 12.1 Å². The van der Waals surface area contributed by atoms with Gasteiger partial charge < -0.3 is 14.5 Å². The summed E-state index contributed by atoms with van der Waals surface area (Å²) >= 11 is 11.7. The first kappa shape index (κ1) is 21.1. The van der Waals surface area contributed by atoms with Gasteiger partial charge in [0.2, 0.25) is 5.90 Å². The molecular formula is C23H20Cl2FN3O3. The van der Waals surface area contributed by atoms with Gasteiger partial charge in [-0.05, 0) is 68.1 Å². The van der Waals surface area contributed by atoms with Gasteiger partial charge in [0.25, 0.3) is 5.91 Å². The predicted octanol–water partition coefficient (Wildman–Crippen LogP) is 5.57. The number of nitrogens with one attached hydrogen (secondary N) is 1. The number of ether oxygens (including phenoxy) is 1. The Morgan fingerprint density at radius 1 is 1.09 bits per heavy atom. The molecule has 3 aromatic rings. The average molecular weight is 476 g/mol. The lowest BCUT2D eigenvalue weighted by atomic mass is 9.91. The molecule has 5 rings (SSSR count). The van der Waals surface area contributed by atoms with Gasteiger partial charge in [-0.15, -0.1) is 5.10 Å². The second-order valence-corrected chi connectivity index (χ2v) is 8.86. The van der Waals surface area contributed by atoms with E-state index in [0.717, 1.165) is 31.1 Å². The number of hydrogen-bond acceptors (Lipinski definition) is 5. The highest BCUT2D eigenvalue weighted by atomic mass is 35.5. The van der Waals surface area contributed by atoms with Crippen LogP contribution in [0.15, 0.2) is 52.0 Å². The van der Waals surface area contributed by atoms with Gasteiger partial charge in [0.15, 0.2) is 12.5 Å². The highest BCUT2D eigenvalue weighted by Gasteiger charge is 2.30. The van der Waals surface area contributed by atoms with Crippen molar-refractivity contribution in [3.05, 3.63) is 69.7 Å². The number of halogens is 3.